The Labute approximate surface area is 191 Å². The Morgan fingerprint density at radius 3 is 2.63 bits per heavy atom. The molecule has 0 spiro atoms. The van der Waals surface area contributed by atoms with Gasteiger partial charge in [-0.1, -0.05) is 42.6 Å². The Morgan fingerprint density at radius 1 is 1.17 bits per heavy atom. The van der Waals surface area contributed by atoms with Crippen molar-refractivity contribution >= 4 is 52.5 Å². The van der Waals surface area contributed by atoms with Gasteiger partial charge in [-0.25, -0.2) is 0 Å². The van der Waals surface area contributed by atoms with Crippen molar-refractivity contribution in [3.8, 4) is 11.5 Å². The fourth-order valence-electron chi connectivity index (χ4n) is 3.01. The normalized spacial score (nSPS) is 14.9. The fourth-order valence-corrected chi connectivity index (χ4v) is 3.75. The molecule has 0 saturated carbocycles. The van der Waals surface area contributed by atoms with E-state index in [0.717, 1.165) is 24.0 Å². The van der Waals surface area contributed by atoms with Crippen LogP contribution in [0.15, 0.2) is 42.1 Å². The molecule has 30 heavy (non-hydrogen) atoms. The summed E-state index contributed by atoms with van der Waals surface area (Å²) < 4.78 is 11.3. The van der Waals surface area contributed by atoms with Gasteiger partial charge in [-0.2, -0.15) is 0 Å². The molecule has 1 aliphatic rings. The van der Waals surface area contributed by atoms with Crippen LogP contribution in [0.3, 0.4) is 0 Å². The van der Waals surface area contributed by atoms with E-state index in [0.29, 0.717) is 38.9 Å². The van der Waals surface area contributed by atoms with E-state index in [1.807, 2.05) is 18.2 Å². The fraction of sp³-hybridized carbons (Fsp3) is 0.273. The molecule has 0 bridgehead atoms. The van der Waals surface area contributed by atoms with Gasteiger partial charge in [0.05, 0.1) is 12.1 Å². The summed E-state index contributed by atoms with van der Waals surface area (Å²) >= 11 is 17.4. The largest absolute Gasteiger partial charge is 0.496 e. The molecule has 8 heteroatoms. The van der Waals surface area contributed by atoms with E-state index in [4.69, 9.17) is 44.9 Å². The number of unbranched alkanes of at least 4 members (excludes halogenated alkanes) is 1. The average molecular weight is 465 g/mol. The molecule has 0 aromatic heterocycles. The standard InChI is InChI=1S/C22H22Cl2N2O3S/c1-3-4-9-26-21(27)18(25-22(26)30)11-14-5-7-19(28-2)15(10-14)13-29-20-8-6-16(23)12-17(20)24/h5-8,10-12H,3-4,9,13H2,1-2H3,(H,25,30)/b18-11+. The van der Waals surface area contributed by atoms with Crippen LogP contribution in [0, 0.1) is 0 Å². The zero-order valence-electron chi connectivity index (χ0n) is 16.7. The molecule has 1 N–H and O–H groups in total. The van der Waals surface area contributed by atoms with Gasteiger partial charge < -0.3 is 14.8 Å². The van der Waals surface area contributed by atoms with Crippen LogP contribution in [0.2, 0.25) is 10.0 Å². The third kappa shape index (κ3) is 5.25. The van der Waals surface area contributed by atoms with Crippen LogP contribution in [-0.2, 0) is 11.4 Å². The molecule has 1 fully saturated rings. The predicted molar refractivity (Wildman–Crippen MR) is 124 cm³/mol. The molecule has 158 valence electrons. The van der Waals surface area contributed by atoms with Gasteiger partial charge in [0.2, 0.25) is 0 Å². The maximum Gasteiger partial charge on any atom is 0.276 e. The van der Waals surface area contributed by atoms with Crippen molar-refractivity contribution < 1.29 is 14.3 Å². The van der Waals surface area contributed by atoms with Crippen molar-refractivity contribution in [1.29, 1.82) is 0 Å². The molecular formula is C22H22Cl2N2O3S. The van der Waals surface area contributed by atoms with Crippen LogP contribution in [0.5, 0.6) is 11.5 Å². The molecule has 3 rings (SSSR count). The van der Waals surface area contributed by atoms with Gasteiger partial charge in [-0.3, -0.25) is 9.69 Å². The van der Waals surface area contributed by atoms with E-state index >= 15 is 0 Å². The second-order valence-corrected chi connectivity index (χ2v) is 7.96. The molecule has 5 nitrogen and oxygen atoms in total. The monoisotopic (exact) mass is 464 g/mol. The number of amides is 1. The number of benzene rings is 2. The maximum absolute atomic E-state index is 12.6. The van der Waals surface area contributed by atoms with Crippen LogP contribution >= 0.6 is 35.4 Å². The third-order valence-electron chi connectivity index (χ3n) is 4.59. The van der Waals surface area contributed by atoms with Crippen LogP contribution in [0.1, 0.15) is 30.9 Å². The van der Waals surface area contributed by atoms with Crippen molar-refractivity contribution in [2.75, 3.05) is 13.7 Å². The molecule has 0 unspecified atom stereocenters. The number of methoxy groups -OCH3 is 1. The summed E-state index contributed by atoms with van der Waals surface area (Å²) in [4.78, 5) is 14.2. The average Bonchev–Trinajstić information content (AvgIpc) is 2.98. The quantitative estimate of drug-likeness (QED) is 0.416. The Bertz CT molecular complexity index is 994. The highest BCUT2D eigenvalue weighted by atomic mass is 35.5. The summed E-state index contributed by atoms with van der Waals surface area (Å²) in [6, 6.07) is 10.7. The number of nitrogens with one attached hydrogen (secondary N) is 1. The number of thiocarbonyl (C=S) groups is 1. The molecular weight excluding hydrogens is 443 g/mol. The minimum absolute atomic E-state index is 0.116. The Hall–Kier alpha value is -2.28. The summed E-state index contributed by atoms with van der Waals surface area (Å²) in [5.74, 6) is 1.08. The summed E-state index contributed by atoms with van der Waals surface area (Å²) in [6.07, 6.45) is 3.67. The van der Waals surface area contributed by atoms with Crippen LogP contribution < -0.4 is 14.8 Å². The zero-order chi connectivity index (χ0) is 21.7. The summed E-state index contributed by atoms with van der Waals surface area (Å²) in [6.45, 7) is 2.93. The third-order valence-corrected chi connectivity index (χ3v) is 5.44. The van der Waals surface area contributed by atoms with Crippen LogP contribution in [0.25, 0.3) is 6.08 Å². The molecule has 1 saturated heterocycles. The lowest BCUT2D eigenvalue weighted by atomic mass is 10.1. The zero-order valence-corrected chi connectivity index (χ0v) is 19.0. The van der Waals surface area contributed by atoms with Gasteiger partial charge in [0.25, 0.3) is 5.91 Å². The van der Waals surface area contributed by atoms with Gasteiger partial charge in [0.1, 0.15) is 23.8 Å². The van der Waals surface area contributed by atoms with Crippen molar-refractivity contribution in [2.45, 2.75) is 26.4 Å². The van der Waals surface area contributed by atoms with E-state index in [1.165, 1.54) is 0 Å². The van der Waals surface area contributed by atoms with Crippen LogP contribution in [0.4, 0.5) is 0 Å². The second kappa shape index (κ2) is 10.2. The molecule has 1 aliphatic heterocycles. The maximum atomic E-state index is 12.6. The Kier molecular flexibility index (Phi) is 7.58. The highest BCUT2D eigenvalue weighted by Gasteiger charge is 2.29. The van der Waals surface area contributed by atoms with E-state index in [2.05, 4.69) is 12.2 Å². The second-order valence-electron chi connectivity index (χ2n) is 6.73. The highest BCUT2D eigenvalue weighted by Crippen LogP contribution is 2.30. The van der Waals surface area contributed by atoms with Gasteiger partial charge in [-0.05, 0) is 60.6 Å². The van der Waals surface area contributed by atoms with Gasteiger partial charge in [-0.15, -0.1) is 0 Å². The van der Waals surface area contributed by atoms with E-state index in [1.54, 1.807) is 36.3 Å². The molecule has 0 atom stereocenters. The number of halogens is 2. The number of ether oxygens (including phenoxy) is 2. The Balaban J connectivity index is 1.79. The van der Waals surface area contributed by atoms with Gasteiger partial charge in [0, 0.05) is 17.1 Å². The van der Waals surface area contributed by atoms with E-state index in [9.17, 15) is 4.79 Å². The number of hydrogen-bond acceptors (Lipinski definition) is 4. The summed E-state index contributed by atoms with van der Waals surface area (Å²) in [5, 5.41) is 4.42. The van der Waals surface area contributed by atoms with Crippen molar-refractivity contribution in [2.24, 2.45) is 0 Å². The minimum atomic E-state index is -0.116. The molecule has 2 aromatic rings. The minimum Gasteiger partial charge on any atom is -0.496 e. The first-order chi connectivity index (χ1) is 14.4. The highest BCUT2D eigenvalue weighted by molar-refractivity contribution is 7.80. The lowest BCUT2D eigenvalue weighted by Gasteiger charge is -2.13. The van der Waals surface area contributed by atoms with Crippen LogP contribution in [-0.4, -0.2) is 29.6 Å². The van der Waals surface area contributed by atoms with Crippen molar-refractivity contribution in [1.82, 2.24) is 10.2 Å². The SMILES string of the molecule is CCCCN1C(=O)/C(=C\c2ccc(OC)c(COc3ccc(Cl)cc3Cl)c2)NC1=S. The summed E-state index contributed by atoms with van der Waals surface area (Å²) in [5.41, 5.74) is 2.09. The van der Waals surface area contributed by atoms with Gasteiger partial charge >= 0.3 is 0 Å². The molecule has 1 heterocycles. The number of nitrogens with zero attached hydrogens (tertiary/aromatic N) is 1. The smallest absolute Gasteiger partial charge is 0.276 e. The van der Waals surface area contributed by atoms with Crippen molar-refractivity contribution in [3.05, 3.63) is 63.3 Å². The number of hydrogen-bond donors (Lipinski definition) is 1. The van der Waals surface area contributed by atoms with E-state index in [-0.39, 0.29) is 12.5 Å². The van der Waals surface area contributed by atoms with Crippen molar-refractivity contribution in [3.63, 3.8) is 0 Å². The summed E-state index contributed by atoms with van der Waals surface area (Å²) in [7, 11) is 1.60. The first-order valence-corrected chi connectivity index (χ1v) is 10.7. The molecule has 2 aromatic carbocycles. The number of carbonyl (C=O) groups excluding carboxylic acids is 1. The molecule has 0 aliphatic carbocycles. The molecule has 0 radical (unpaired) electrons. The Morgan fingerprint density at radius 2 is 1.93 bits per heavy atom. The van der Waals surface area contributed by atoms with E-state index < -0.39 is 0 Å². The first-order valence-electron chi connectivity index (χ1n) is 9.52. The topological polar surface area (TPSA) is 50.8 Å². The first kappa shape index (κ1) is 22.4. The number of rotatable bonds is 8. The lowest BCUT2D eigenvalue weighted by molar-refractivity contribution is -0.122. The van der Waals surface area contributed by atoms with Gasteiger partial charge in [0.15, 0.2) is 5.11 Å². The number of carbonyl (C=O) groups is 1. The molecule has 1 amide bonds. The predicted octanol–water partition coefficient (Wildman–Crippen LogP) is 5.44. The lowest BCUT2D eigenvalue weighted by Crippen LogP contribution is -2.31.